The van der Waals surface area contributed by atoms with Gasteiger partial charge in [-0.05, 0) is 18.6 Å². The molecule has 0 aliphatic carbocycles. The van der Waals surface area contributed by atoms with Crippen molar-refractivity contribution in [1.29, 1.82) is 0 Å². The van der Waals surface area contributed by atoms with Crippen molar-refractivity contribution in [3.8, 4) is 5.82 Å². The number of nitrogens with zero attached hydrogens (tertiary/aromatic N) is 4. The molecular formula is C14H14N4O3. The fourth-order valence-electron chi connectivity index (χ4n) is 2.39. The van der Waals surface area contributed by atoms with Gasteiger partial charge in [-0.3, -0.25) is 14.2 Å². The van der Waals surface area contributed by atoms with Crippen LogP contribution in [0.3, 0.4) is 0 Å². The maximum atomic E-state index is 12.3. The first-order valence-corrected chi connectivity index (χ1v) is 6.61. The number of carboxylic acid groups (broad SMARTS) is 1. The van der Waals surface area contributed by atoms with Crippen molar-refractivity contribution in [3.05, 3.63) is 42.6 Å². The van der Waals surface area contributed by atoms with Crippen molar-refractivity contribution >= 4 is 11.9 Å². The van der Waals surface area contributed by atoms with Crippen LogP contribution in [0, 0.1) is 5.92 Å². The lowest BCUT2D eigenvalue weighted by atomic mass is 10.1. The number of pyridine rings is 1. The molecule has 1 fully saturated rings. The van der Waals surface area contributed by atoms with Gasteiger partial charge in [0.2, 0.25) is 0 Å². The summed E-state index contributed by atoms with van der Waals surface area (Å²) in [5.74, 6) is -0.816. The maximum absolute atomic E-state index is 12.3. The zero-order chi connectivity index (χ0) is 14.8. The second-order valence-electron chi connectivity index (χ2n) is 4.95. The SMILES string of the molecule is O=C(O)C1CCN(C(=O)c2ccc(-n3ccnc3)nc2)C1. The van der Waals surface area contributed by atoms with Crippen LogP contribution in [-0.2, 0) is 4.79 Å². The Morgan fingerprint density at radius 1 is 1.33 bits per heavy atom. The highest BCUT2D eigenvalue weighted by atomic mass is 16.4. The van der Waals surface area contributed by atoms with E-state index in [9.17, 15) is 9.59 Å². The second kappa shape index (κ2) is 5.35. The Kier molecular flexibility index (Phi) is 3.39. The molecule has 0 spiro atoms. The average molecular weight is 286 g/mol. The fourth-order valence-corrected chi connectivity index (χ4v) is 2.39. The van der Waals surface area contributed by atoms with E-state index in [0.717, 1.165) is 0 Å². The Labute approximate surface area is 120 Å². The molecule has 0 bridgehead atoms. The molecule has 0 radical (unpaired) electrons. The predicted octanol–water partition coefficient (Wildman–Crippen LogP) is 0.814. The number of aromatic nitrogens is 3. The minimum Gasteiger partial charge on any atom is -0.481 e. The van der Waals surface area contributed by atoms with Crippen LogP contribution in [0.2, 0.25) is 0 Å². The largest absolute Gasteiger partial charge is 0.481 e. The number of carbonyl (C=O) groups is 2. The number of amides is 1. The molecule has 1 atom stereocenters. The van der Waals surface area contributed by atoms with E-state index in [2.05, 4.69) is 9.97 Å². The van der Waals surface area contributed by atoms with E-state index in [4.69, 9.17) is 5.11 Å². The molecule has 1 N–H and O–H groups in total. The van der Waals surface area contributed by atoms with Gasteiger partial charge in [0, 0.05) is 31.7 Å². The summed E-state index contributed by atoms with van der Waals surface area (Å²) in [6.07, 6.45) is 7.05. The molecule has 0 aromatic carbocycles. The van der Waals surface area contributed by atoms with Gasteiger partial charge in [-0.15, -0.1) is 0 Å². The number of hydrogen-bond donors (Lipinski definition) is 1. The van der Waals surface area contributed by atoms with Crippen LogP contribution >= 0.6 is 0 Å². The van der Waals surface area contributed by atoms with Crippen molar-refractivity contribution in [3.63, 3.8) is 0 Å². The smallest absolute Gasteiger partial charge is 0.308 e. The number of carbonyl (C=O) groups excluding carboxylic acids is 1. The van der Waals surface area contributed by atoms with Gasteiger partial charge in [-0.1, -0.05) is 0 Å². The van der Waals surface area contributed by atoms with Crippen molar-refractivity contribution in [2.75, 3.05) is 13.1 Å². The minimum absolute atomic E-state index is 0.177. The first-order chi connectivity index (χ1) is 10.1. The third kappa shape index (κ3) is 2.62. The summed E-state index contributed by atoms with van der Waals surface area (Å²) in [5.41, 5.74) is 0.463. The maximum Gasteiger partial charge on any atom is 0.308 e. The molecule has 1 aliphatic rings. The standard InChI is InChI=1S/C14H14N4O3/c19-13(17-5-3-11(8-17)14(20)21)10-1-2-12(16-7-10)18-6-4-15-9-18/h1-2,4,6-7,9,11H,3,5,8H2,(H,20,21). The van der Waals surface area contributed by atoms with Gasteiger partial charge < -0.3 is 10.0 Å². The van der Waals surface area contributed by atoms with Crippen LogP contribution in [0.1, 0.15) is 16.8 Å². The first kappa shape index (κ1) is 13.3. The van der Waals surface area contributed by atoms with E-state index in [-0.39, 0.29) is 12.5 Å². The molecule has 0 saturated carbocycles. The number of carboxylic acids is 1. The van der Waals surface area contributed by atoms with Crippen molar-refractivity contribution < 1.29 is 14.7 Å². The van der Waals surface area contributed by atoms with Gasteiger partial charge in [0.05, 0.1) is 11.5 Å². The third-order valence-corrected chi connectivity index (χ3v) is 3.59. The number of rotatable bonds is 3. The van der Waals surface area contributed by atoms with Gasteiger partial charge >= 0.3 is 5.97 Å². The van der Waals surface area contributed by atoms with Gasteiger partial charge in [0.25, 0.3) is 5.91 Å². The average Bonchev–Trinajstić information content (AvgIpc) is 3.18. The van der Waals surface area contributed by atoms with Crippen LogP contribution < -0.4 is 0 Å². The minimum atomic E-state index is -0.848. The van der Waals surface area contributed by atoms with E-state index in [1.165, 1.54) is 6.20 Å². The molecule has 2 aromatic heterocycles. The number of hydrogen-bond acceptors (Lipinski definition) is 4. The zero-order valence-corrected chi connectivity index (χ0v) is 11.2. The summed E-state index contributed by atoms with van der Waals surface area (Å²) in [6, 6.07) is 3.43. The molecule has 1 saturated heterocycles. The molecule has 1 unspecified atom stereocenters. The molecular weight excluding hydrogens is 272 g/mol. The van der Waals surface area contributed by atoms with Crippen LogP contribution in [0.15, 0.2) is 37.1 Å². The Balaban J connectivity index is 1.72. The van der Waals surface area contributed by atoms with Crippen molar-refractivity contribution in [1.82, 2.24) is 19.4 Å². The monoisotopic (exact) mass is 286 g/mol. The van der Waals surface area contributed by atoms with Gasteiger partial charge in [-0.25, -0.2) is 9.97 Å². The van der Waals surface area contributed by atoms with E-state index in [0.29, 0.717) is 24.3 Å². The highest BCUT2D eigenvalue weighted by Crippen LogP contribution is 2.19. The quantitative estimate of drug-likeness (QED) is 0.902. The second-order valence-corrected chi connectivity index (χ2v) is 4.95. The molecule has 3 rings (SSSR count). The lowest BCUT2D eigenvalue weighted by Crippen LogP contribution is -2.30. The number of likely N-dealkylation sites (tertiary alicyclic amines) is 1. The normalized spacial score (nSPS) is 17.9. The topological polar surface area (TPSA) is 88.3 Å². The summed E-state index contributed by atoms with van der Waals surface area (Å²) < 4.78 is 1.74. The molecule has 1 aliphatic heterocycles. The van der Waals surface area contributed by atoms with E-state index in [1.807, 2.05) is 0 Å². The van der Waals surface area contributed by atoms with Gasteiger partial charge in [0.1, 0.15) is 12.1 Å². The molecule has 2 aromatic rings. The first-order valence-electron chi connectivity index (χ1n) is 6.61. The lowest BCUT2D eigenvalue weighted by molar-refractivity contribution is -0.141. The number of imidazole rings is 1. The Bertz CT molecular complexity index is 651. The van der Waals surface area contributed by atoms with Crippen molar-refractivity contribution in [2.45, 2.75) is 6.42 Å². The summed E-state index contributed by atoms with van der Waals surface area (Å²) in [6.45, 7) is 0.733. The summed E-state index contributed by atoms with van der Waals surface area (Å²) >= 11 is 0. The molecule has 3 heterocycles. The fraction of sp³-hybridized carbons (Fsp3) is 0.286. The Morgan fingerprint density at radius 3 is 2.76 bits per heavy atom. The molecule has 108 valence electrons. The van der Waals surface area contributed by atoms with Crippen LogP contribution in [0.25, 0.3) is 5.82 Å². The molecule has 1 amide bonds. The van der Waals surface area contributed by atoms with Crippen LogP contribution in [-0.4, -0.2) is 49.5 Å². The van der Waals surface area contributed by atoms with Crippen molar-refractivity contribution in [2.24, 2.45) is 5.92 Å². The molecule has 7 heteroatoms. The summed E-state index contributed by atoms with van der Waals surface area (Å²) in [5, 5.41) is 8.97. The summed E-state index contributed by atoms with van der Waals surface area (Å²) in [4.78, 5) is 32.9. The Hall–Kier alpha value is -2.70. The van der Waals surface area contributed by atoms with Gasteiger partial charge in [0.15, 0.2) is 0 Å². The highest BCUT2D eigenvalue weighted by molar-refractivity contribution is 5.94. The van der Waals surface area contributed by atoms with E-state index >= 15 is 0 Å². The third-order valence-electron chi connectivity index (χ3n) is 3.59. The predicted molar refractivity (Wildman–Crippen MR) is 73.0 cm³/mol. The van der Waals surface area contributed by atoms with E-state index in [1.54, 1.807) is 40.3 Å². The van der Waals surface area contributed by atoms with Crippen LogP contribution in [0.4, 0.5) is 0 Å². The lowest BCUT2D eigenvalue weighted by Gasteiger charge is -2.15. The Morgan fingerprint density at radius 2 is 2.19 bits per heavy atom. The molecule has 7 nitrogen and oxygen atoms in total. The highest BCUT2D eigenvalue weighted by Gasteiger charge is 2.31. The van der Waals surface area contributed by atoms with E-state index < -0.39 is 11.9 Å². The summed E-state index contributed by atoms with van der Waals surface area (Å²) in [7, 11) is 0. The number of aliphatic carboxylic acids is 1. The van der Waals surface area contributed by atoms with Crippen LogP contribution in [0.5, 0.6) is 0 Å². The zero-order valence-electron chi connectivity index (χ0n) is 11.2. The van der Waals surface area contributed by atoms with Gasteiger partial charge in [-0.2, -0.15) is 0 Å². The molecule has 21 heavy (non-hydrogen) atoms.